The number of fused-ring (bicyclic) bond motifs is 1. The van der Waals surface area contributed by atoms with Gasteiger partial charge in [0.05, 0.1) is 23.7 Å². The number of carbonyl (C=O) groups is 3. The van der Waals surface area contributed by atoms with Gasteiger partial charge in [0, 0.05) is 30.1 Å². The zero-order chi connectivity index (χ0) is 27.5. The van der Waals surface area contributed by atoms with Crippen LogP contribution >= 0.6 is 11.8 Å². The maximum Gasteiger partial charge on any atom is 0.311 e. The molecule has 3 fully saturated rings. The molecule has 2 unspecified atom stereocenters. The Hall–Kier alpha value is -2.78. The Labute approximate surface area is 229 Å². The molecule has 8 nitrogen and oxygen atoms in total. The summed E-state index contributed by atoms with van der Waals surface area (Å²) in [5.74, 6) is -1.30. The van der Waals surface area contributed by atoms with Gasteiger partial charge in [0.2, 0.25) is 5.91 Å². The third-order valence-electron chi connectivity index (χ3n) is 8.13. The van der Waals surface area contributed by atoms with Gasteiger partial charge in [0.15, 0.2) is 0 Å². The van der Waals surface area contributed by atoms with Crippen molar-refractivity contribution in [2.24, 2.45) is 11.8 Å². The number of carbonyl (C=O) groups excluding carboxylic acids is 3. The molecule has 3 aliphatic heterocycles. The van der Waals surface area contributed by atoms with E-state index in [1.54, 1.807) is 46.9 Å². The number of thioether (sulfide) groups is 1. The van der Waals surface area contributed by atoms with Crippen LogP contribution < -0.4 is 9.64 Å². The second-order valence-electron chi connectivity index (χ2n) is 10.4. The fraction of sp³-hybridized carbons (Fsp3) is 0.552. The van der Waals surface area contributed by atoms with Crippen LogP contribution in [0.5, 0.6) is 5.75 Å². The largest absolute Gasteiger partial charge is 0.497 e. The van der Waals surface area contributed by atoms with E-state index in [0.717, 1.165) is 12.8 Å². The van der Waals surface area contributed by atoms with E-state index in [4.69, 9.17) is 9.47 Å². The standard InChI is InChI=1S/C29H38N2O6S/c1-5-16-30(20-10-12-21(36-4)13-11-20)26(34)24-29-15-14-28(3,38-29)23(27(35)37-19-6-2)22(29)25(33)31(24)17-8-7-9-18-32/h5-6,10-13,22-24,32H,1-2,7-9,14-19H2,3-4H3/t22-,23-,24?,28+,29?/m0/s1. The summed E-state index contributed by atoms with van der Waals surface area (Å²) in [5, 5.41) is 9.24. The molecule has 0 aromatic heterocycles. The minimum absolute atomic E-state index is 0.0822. The van der Waals surface area contributed by atoms with Gasteiger partial charge in [0.25, 0.3) is 5.91 Å². The molecule has 4 rings (SSSR count). The number of methoxy groups -OCH3 is 1. The maximum absolute atomic E-state index is 14.5. The van der Waals surface area contributed by atoms with Crippen LogP contribution in [-0.2, 0) is 19.1 Å². The van der Waals surface area contributed by atoms with E-state index in [0.29, 0.717) is 37.2 Å². The SMILES string of the molecule is C=CCOC(=O)[C@@H]1[C@H]2C(=O)N(CCCCCO)C(C(=O)N(CC=C)c3ccc(OC)cc3)C23CC[C@@]1(C)S3. The summed E-state index contributed by atoms with van der Waals surface area (Å²) >= 11 is 1.62. The van der Waals surface area contributed by atoms with Gasteiger partial charge in [-0.05, 0) is 63.3 Å². The highest BCUT2D eigenvalue weighted by atomic mass is 32.2. The van der Waals surface area contributed by atoms with Gasteiger partial charge < -0.3 is 24.4 Å². The predicted molar refractivity (Wildman–Crippen MR) is 148 cm³/mol. The number of aliphatic hydroxyl groups is 1. The summed E-state index contributed by atoms with van der Waals surface area (Å²) in [7, 11) is 1.59. The molecule has 1 spiro atoms. The van der Waals surface area contributed by atoms with Crippen LogP contribution in [0.3, 0.4) is 0 Å². The van der Waals surface area contributed by atoms with Gasteiger partial charge >= 0.3 is 5.97 Å². The zero-order valence-corrected chi connectivity index (χ0v) is 23.1. The minimum Gasteiger partial charge on any atom is -0.497 e. The highest BCUT2D eigenvalue weighted by Gasteiger charge is 2.77. The first-order valence-corrected chi connectivity index (χ1v) is 14.0. The predicted octanol–water partition coefficient (Wildman–Crippen LogP) is 3.59. The third kappa shape index (κ3) is 4.75. The van der Waals surface area contributed by atoms with E-state index in [1.165, 1.54) is 6.08 Å². The smallest absolute Gasteiger partial charge is 0.311 e. The summed E-state index contributed by atoms with van der Waals surface area (Å²) < 4.78 is 9.56. The molecule has 2 amide bonds. The average molecular weight is 543 g/mol. The van der Waals surface area contributed by atoms with Gasteiger partial charge in [0.1, 0.15) is 18.4 Å². The van der Waals surface area contributed by atoms with E-state index in [9.17, 15) is 19.5 Å². The van der Waals surface area contributed by atoms with E-state index >= 15 is 0 Å². The first-order chi connectivity index (χ1) is 18.3. The average Bonchev–Trinajstić information content (AvgIpc) is 3.48. The number of hydrogen-bond acceptors (Lipinski definition) is 7. The topological polar surface area (TPSA) is 96.4 Å². The van der Waals surface area contributed by atoms with Crippen molar-refractivity contribution in [3.05, 3.63) is 49.6 Å². The Morgan fingerprint density at radius 3 is 2.55 bits per heavy atom. The number of esters is 1. The monoisotopic (exact) mass is 542 g/mol. The van der Waals surface area contributed by atoms with E-state index in [1.807, 2.05) is 19.1 Å². The maximum atomic E-state index is 14.5. The highest BCUT2D eigenvalue weighted by molar-refractivity contribution is 8.02. The lowest BCUT2D eigenvalue weighted by Gasteiger charge is -2.37. The number of aliphatic hydroxyl groups excluding tert-OH is 1. The van der Waals surface area contributed by atoms with Crippen molar-refractivity contribution in [1.29, 1.82) is 0 Å². The zero-order valence-electron chi connectivity index (χ0n) is 22.3. The molecule has 0 radical (unpaired) electrons. The number of anilines is 1. The highest BCUT2D eigenvalue weighted by Crippen LogP contribution is 2.71. The lowest BCUT2D eigenvalue weighted by atomic mass is 9.66. The fourth-order valence-electron chi connectivity index (χ4n) is 6.47. The van der Waals surface area contributed by atoms with Crippen LogP contribution in [0.25, 0.3) is 0 Å². The Morgan fingerprint density at radius 1 is 1.18 bits per heavy atom. The second kappa shape index (κ2) is 11.5. The number of likely N-dealkylation sites (tertiary alicyclic amines) is 1. The minimum atomic E-state index is -0.722. The van der Waals surface area contributed by atoms with Crippen molar-refractivity contribution in [3.8, 4) is 5.75 Å². The lowest BCUT2D eigenvalue weighted by Crippen LogP contribution is -2.55. The molecule has 38 heavy (non-hydrogen) atoms. The summed E-state index contributed by atoms with van der Waals surface area (Å²) in [6, 6.07) is 6.53. The number of benzene rings is 1. The second-order valence-corrected chi connectivity index (χ2v) is 12.3. The molecular weight excluding hydrogens is 504 g/mol. The number of amides is 2. The van der Waals surface area contributed by atoms with E-state index in [-0.39, 0.29) is 31.6 Å². The van der Waals surface area contributed by atoms with Crippen molar-refractivity contribution >= 4 is 35.2 Å². The Kier molecular flexibility index (Phi) is 8.57. The summed E-state index contributed by atoms with van der Waals surface area (Å²) in [4.78, 5) is 45.2. The van der Waals surface area contributed by atoms with E-state index in [2.05, 4.69) is 13.2 Å². The van der Waals surface area contributed by atoms with Gasteiger partial charge in [-0.2, -0.15) is 0 Å². The van der Waals surface area contributed by atoms with Crippen molar-refractivity contribution in [1.82, 2.24) is 4.90 Å². The third-order valence-corrected chi connectivity index (χ3v) is 10.1. The molecule has 0 saturated carbocycles. The molecule has 1 aromatic carbocycles. The Balaban J connectivity index is 1.74. The Bertz CT molecular complexity index is 1080. The number of nitrogens with zero attached hydrogens (tertiary/aromatic N) is 2. The van der Waals surface area contributed by atoms with Gasteiger partial charge in [-0.25, -0.2) is 0 Å². The molecule has 1 N–H and O–H groups in total. The molecule has 0 aliphatic carbocycles. The van der Waals surface area contributed by atoms with Gasteiger partial charge in [-0.15, -0.1) is 18.3 Å². The van der Waals surface area contributed by atoms with Crippen LogP contribution in [0, 0.1) is 11.8 Å². The number of hydrogen-bond donors (Lipinski definition) is 1. The Morgan fingerprint density at radius 2 is 1.92 bits per heavy atom. The number of rotatable bonds is 13. The van der Waals surface area contributed by atoms with Gasteiger partial charge in [-0.1, -0.05) is 18.7 Å². The molecule has 3 saturated heterocycles. The molecule has 3 aliphatic rings. The van der Waals surface area contributed by atoms with Gasteiger partial charge in [-0.3, -0.25) is 14.4 Å². The van der Waals surface area contributed by atoms with Crippen molar-refractivity contribution in [3.63, 3.8) is 0 Å². The van der Waals surface area contributed by atoms with E-state index < -0.39 is 33.3 Å². The normalized spacial score (nSPS) is 29.2. The molecule has 3 heterocycles. The lowest BCUT2D eigenvalue weighted by molar-refractivity contribution is -0.154. The molecule has 1 aromatic rings. The summed E-state index contributed by atoms with van der Waals surface area (Å²) in [6.07, 6.45) is 6.63. The number of unbranched alkanes of at least 4 members (excludes halogenated alkanes) is 2. The van der Waals surface area contributed by atoms with Crippen LogP contribution in [0.15, 0.2) is 49.6 Å². The first-order valence-electron chi connectivity index (χ1n) is 13.2. The van der Waals surface area contributed by atoms with Crippen molar-refractivity contribution < 1.29 is 29.0 Å². The van der Waals surface area contributed by atoms with Crippen molar-refractivity contribution in [2.75, 3.05) is 38.3 Å². The summed E-state index contributed by atoms with van der Waals surface area (Å²) in [6.45, 7) is 10.4. The van der Waals surface area contributed by atoms with Crippen LogP contribution in [0.4, 0.5) is 5.69 Å². The quantitative estimate of drug-likeness (QED) is 0.231. The number of ether oxygens (including phenoxy) is 2. The van der Waals surface area contributed by atoms with Crippen LogP contribution in [0.2, 0.25) is 0 Å². The first kappa shape index (κ1) is 28.2. The molecule has 5 atom stereocenters. The molecular formula is C29H38N2O6S. The molecule has 9 heteroatoms. The van der Waals surface area contributed by atoms with Crippen LogP contribution in [-0.4, -0.2) is 76.7 Å². The fourth-order valence-corrected chi connectivity index (χ4v) is 8.81. The molecule has 206 valence electrons. The summed E-state index contributed by atoms with van der Waals surface area (Å²) in [5.41, 5.74) is 0.689. The molecule has 2 bridgehead atoms. The van der Waals surface area contributed by atoms with Crippen LogP contribution in [0.1, 0.15) is 39.0 Å². The van der Waals surface area contributed by atoms with Crippen molar-refractivity contribution in [2.45, 2.75) is 54.6 Å².